The van der Waals surface area contributed by atoms with Gasteiger partial charge in [0.05, 0.1) is 25.4 Å². The Morgan fingerprint density at radius 3 is 1.59 bits per heavy atom. The number of esters is 1. The molecule has 8 atom stereocenters. The van der Waals surface area contributed by atoms with E-state index in [0.29, 0.717) is 12.8 Å². The van der Waals surface area contributed by atoms with Crippen molar-refractivity contribution >= 4 is 11.9 Å². The van der Waals surface area contributed by atoms with E-state index in [2.05, 4.69) is 74.7 Å². The number of rotatable bonds is 49. The van der Waals surface area contributed by atoms with Gasteiger partial charge in [0, 0.05) is 6.42 Å². The lowest BCUT2D eigenvalue weighted by atomic mass is 9.99. The zero-order valence-electron chi connectivity index (χ0n) is 47.4. The summed E-state index contributed by atoms with van der Waals surface area (Å²) in [4.78, 5) is 26.5. The van der Waals surface area contributed by atoms with Gasteiger partial charge in [-0.3, -0.25) is 9.59 Å². The van der Waals surface area contributed by atoms with Crippen LogP contribution in [0.2, 0.25) is 0 Å². The summed E-state index contributed by atoms with van der Waals surface area (Å²) in [6.45, 7) is 5.59. The van der Waals surface area contributed by atoms with E-state index in [9.17, 15) is 35.1 Å². The average Bonchev–Trinajstić information content (AvgIpc) is 3.41. The van der Waals surface area contributed by atoms with Crippen LogP contribution in [-0.4, -0.2) is 99.6 Å². The summed E-state index contributed by atoms with van der Waals surface area (Å²) < 4.78 is 17.6. The monoisotopic (exact) mass is 1050 g/mol. The van der Waals surface area contributed by atoms with E-state index in [1.54, 1.807) is 6.08 Å². The smallest absolute Gasteiger partial charge is 0.306 e. The molecular formula is C64H109NO10. The second-order valence-corrected chi connectivity index (χ2v) is 20.4. The largest absolute Gasteiger partial charge is 0.454 e. The summed E-state index contributed by atoms with van der Waals surface area (Å²) in [6, 6.07) is -1.04. The van der Waals surface area contributed by atoms with Gasteiger partial charge in [-0.15, -0.1) is 0 Å². The number of unbranched alkanes of at least 4 members (excludes halogenated alkanes) is 24. The van der Waals surface area contributed by atoms with Crippen molar-refractivity contribution in [3.63, 3.8) is 0 Å². The Kier molecular flexibility index (Phi) is 47.6. The fourth-order valence-corrected chi connectivity index (χ4v) is 8.78. The molecule has 1 heterocycles. The fourth-order valence-electron chi connectivity index (χ4n) is 8.78. The molecule has 1 saturated heterocycles. The number of nitrogens with one attached hydrogen (secondary N) is 1. The van der Waals surface area contributed by atoms with Crippen LogP contribution in [0.15, 0.2) is 97.2 Å². The summed E-state index contributed by atoms with van der Waals surface area (Å²) in [5.74, 6) is -1.24. The van der Waals surface area contributed by atoms with E-state index >= 15 is 0 Å². The highest BCUT2D eigenvalue weighted by Gasteiger charge is 2.47. The summed E-state index contributed by atoms with van der Waals surface area (Å²) in [5, 5.41) is 56.9. The number of ether oxygens (including phenoxy) is 3. The van der Waals surface area contributed by atoms with Crippen molar-refractivity contribution in [1.29, 1.82) is 0 Å². The Bertz CT molecular complexity index is 1580. The lowest BCUT2D eigenvalue weighted by Crippen LogP contribution is -2.61. The quantitative estimate of drug-likeness (QED) is 0.0149. The maximum absolute atomic E-state index is 13.4. The molecule has 0 aromatic rings. The van der Waals surface area contributed by atoms with Crippen LogP contribution < -0.4 is 5.32 Å². The van der Waals surface area contributed by atoms with Crippen molar-refractivity contribution in [2.24, 2.45) is 0 Å². The van der Waals surface area contributed by atoms with E-state index in [0.717, 1.165) is 109 Å². The molecule has 11 heteroatoms. The average molecular weight is 1050 g/mol. The number of amides is 1. The molecule has 1 fully saturated rings. The van der Waals surface area contributed by atoms with E-state index < -0.39 is 67.4 Å². The van der Waals surface area contributed by atoms with Gasteiger partial charge >= 0.3 is 5.97 Å². The van der Waals surface area contributed by atoms with E-state index in [-0.39, 0.29) is 19.4 Å². The minimum atomic E-state index is -1.63. The van der Waals surface area contributed by atoms with Crippen LogP contribution in [-0.2, 0) is 23.8 Å². The number of carbonyl (C=O) groups is 2. The van der Waals surface area contributed by atoms with Crippen molar-refractivity contribution in [3.05, 3.63) is 97.2 Å². The van der Waals surface area contributed by atoms with Gasteiger partial charge in [0.1, 0.15) is 24.4 Å². The Labute approximate surface area is 456 Å². The van der Waals surface area contributed by atoms with Crippen LogP contribution in [0.5, 0.6) is 0 Å². The van der Waals surface area contributed by atoms with E-state index in [4.69, 9.17) is 14.2 Å². The first-order chi connectivity index (χ1) is 36.7. The minimum Gasteiger partial charge on any atom is -0.454 e. The summed E-state index contributed by atoms with van der Waals surface area (Å²) in [7, 11) is 0. The minimum absolute atomic E-state index is 0.101. The van der Waals surface area contributed by atoms with Crippen LogP contribution in [0.25, 0.3) is 0 Å². The lowest BCUT2D eigenvalue weighted by molar-refractivity contribution is -0.305. The van der Waals surface area contributed by atoms with E-state index in [1.165, 1.54) is 77.0 Å². The molecule has 0 aromatic heterocycles. The van der Waals surface area contributed by atoms with Crippen molar-refractivity contribution in [3.8, 4) is 0 Å². The third-order valence-corrected chi connectivity index (χ3v) is 13.6. The van der Waals surface area contributed by atoms with E-state index in [1.807, 2.05) is 42.5 Å². The number of carbonyl (C=O) groups excluding carboxylic acids is 2. The summed E-state index contributed by atoms with van der Waals surface area (Å²) >= 11 is 0. The number of aliphatic hydroxyl groups excluding tert-OH is 5. The van der Waals surface area contributed by atoms with Gasteiger partial charge in [0.25, 0.3) is 0 Å². The standard InChI is InChI=1S/C64H109NO10/c1-4-7-10-13-16-19-22-25-27-28-29-30-31-34-37-40-43-46-49-52-59(69)75-62-61(71)60(70)58(53-66)74-64(62)73-54-55(56(67)50-47-44-41-38-35-32-24-21-18-15-12-9-6-3)65-63(72)57(68)51-48-45-42-39-36-33-26-23-20-17-14-11-8-5-2/h8,11,14,16-17,19-20,23,25-27,29-30,33,47,50,55-58,60-62,64,66-68,70-71H,4-7,9-10,12-13,15,18,21-22,24,28,31-32,34-46,48-49,51-54H2,1-3H3,(H,65,72)/b11-8+,17-14+,19-16-,23-20+,27-25-,30-29-,33-26-,50-47+. The van der Waals surface area contributed by atoms with Gasteiger partial charge in [-0.1, -0.05) is 240 Å². The molecule has 6 N–H and O–H groups in total. The van der Waals surface area contributed by atoms with Gasteiger partial charge < -0.3 is 45.1 Å². The maximum Gasteiger partial charge on any atom is 0.306 e. The molecule has 1 rings (SSSR count). The van der Waals surface area contributed by atoms with Crippen molar-refractivity contribution in [1.82, 2.24) is 5.32 Å². The van der Waals surface area contributed by atoms with Crippen LogP contribution >= 0.6 is 0 Å². The third-order valence-electron chi connectivity index (χ3n) is 13.6. The highest BCUT2D eigenvalue weighted by molar-refractivity contribution is 5.80. The maximum atomic E-state index is 13.4. The van der Waals surface area contributed by atoms with Crippen LogP contribution in [0.4, 0.5) is 0 Å². The van der Waals surface area contributed by atoms with Gasteiger partial charge in [0.2, 0.25) is 5.91 Å². The lowest BCUT2D eigenvalue weighted by Gasteiger charge is -2.41. The van der Waals surface area contributed by atoms with Gasteiger partial charge in [-0.25, -0.2) is 0 Å². The normalized spacial score (nSPS) is 19.9. The number of allylic oxidation sites excluding steroid dienone is 15. The van der Waals surface area contributed by atoms with Crippen molar-refractivity contribution < 1.29 is 49.3 Å². The van der Waals surface area contributed by atoms with Gasteiger partial charge in [-0.2, -0.15) is 0 Å². The number of hydrogen-bond acceptors (Lipinski definition) is 10. The molecule has 1 amide bonds. The SMILES string of the molecule is CC/C=C/C=C/C=C/C=C\CCCCCCC(O)C(=O)NC(COC1OC(CO)C(O)C(O)C1OC(=O)CCCCCCCC/C=C\C/C=C\C/C=C\CCCCC)C(O)/C=C/CCCCCCCCCCCCC. The first-order valence-electron chi connectivity index (χ1n) is 30.1. The molecule has 75 heavy (non-hydrogen) atoms. The molecule has 0 aromatic carbocycles. The van der Waals surface area contributed by atoms with Crippen molar-refractivity contribution in [2.45, 2.75) is 282 Å². The number of aliphatic hydroxyl groups is 5. The zero-order valence-corrected chi connectivity index (χ0v) is 47.4. The summed E-state index contributed by atoms with van der Waals surface area (Å²) in [6.07, 6.45) is 57.2. The topological polar surface area (TPSA) is 175 Å². The molecule has 0 bridgehead atoms. The fraction of sp³-hybridized carbons (Fsp3) is 0.719. The predicted molar refractivity (Wildman–Crippen MR) is 310 cm³/mol. The van der Waals surface area contributed by atoms with Crippen LogP contribution in [0.1, 0.15) is 233 Å². The predicted octanol–water partition coefficient (Wildman–Crippen LogP) is 13.9. The van der Waals surface area contributed by atoms with Crippen LogP contribution in [0.3, 0.4) is 0 Å². The molecule has 0 spiro atoms. The molecule has 1 aliphatic heterocycles. The second kappa shape index (κ2) is 51.3. The first kappa shape index (κ1) is 69.6. The Balaban J connectivity index is 2.73. The molecule has 0 saturated carbocycles. The molecule has 8 unspecified atom stereocenters. The molecule has 430 valence electrons. The highest BCUT2D eigenvalue weighted by atomic mass is 16.7. The molecule has 0 aliphatic carbocycles. The highest BCUT2D eigenvalue weighted by Crippen LogP contribution is 2.26. The first-order valence-corrected chi connectivity index (χ1v) is 30.1. The van der Waals surface area contributed by atoms with Gasteiger partial charge in [0.15, 0.2) is 12.4 Å². The molecule has 1 aliphatic rings. The molecule has 0 radical (unpaired) electrons. The molecular weight excluding hydrogens is 943 g/mol. The molecule has 11 nitrogen and oxygen atoms in total. The number of hydrogen-bond donors (Lipinski definition) is 6. The Morgan fingerprint density at radius 2 is 1.01 bits per heavy atom. The zero-order chi connectivity index (χ0) is 54.7. The third kappa shape index (κ3) is 39.6. The van der Waals surface area contributed by atoms with Gasteiger partial charge in [-0.05, 0) is 83.5 Å². The van der Waals surface area contributed by atoms with Crippen LogP contribution in [0, 0.1) is 0 Å². The Morgan fingerprint density at radius 1 is 0.547 bits per heavy atom. The second-order valence-electron chi connectivity index (χ2n) is 20.4. The van der Waals surface area contributed by atoms with Crippen molar-refractivity contribution in [2.75, 3.05) is 13.2 Å². The Hall–Kier alpha value is -3.42. The summed E-state index contributed by atoms with van der Waals surface area (Å²) in [5.41, 5.74) is 0.